The van der Waals surface area contributed by atoms with Gasteiger partial charge in [0.15, 0.2) is 0 Å². The Morgan fingerprint density at radius 3 is 2.55 bits per heavy atom. The molecule has 22 heavy (non-hydrogen) atoms. The fraction of sp³-hybridized carbons (Fsp3) is 0.111. The van der Waals surface area contributed by atoms with Crippen LogP contribution >= 0.6 is 0 Å². The van der Waals surface area contributed by atoms with Crippen molar-refractivity contribution < 1.29 is 9.26 Å². The lowest BCUT2D eigenvalue weighted by Crippen LogP contribution is -1.90. The van der Waals surface area contributed by atoms with Crippen LogP contribution in [0.4, 0.5) is 0 Å². The summed E-state index contributed by atoms with van der Waals surface area (Å²) in [6.45, 7) is 1.87. The van der Waals surface area contributed by atoms with Crippen LogP contribution in [-0.2, 0) is 0 Å². The molecule has 0 atom stereocenters. The SMILES string of the molecule is COc1ccc(-c2c(-c3ccccc3)noc2C)cc1C#N. The molecule has 3 rings (SSSR count). The summed E-state index contributed by atoms with van der Waals surface area (Å²) in [5.74, 6) is 1.27. The Hall–Kier alpha value is -3.06. The summed E-state index contributed by atoms with van der Waals surface area (Å²) in [4.78, 5) is 0. The minimum atomic E-state index is 0.486. The standard InChI is InChI=1S/C18H14N2O2/c1-12-17(14-8-9-16(21-2)15(10-14)11-19)18(20-22-12)13-6-4-3-5-7-13/h3-10H,1-2H3. The molecule has 0 fully saturated rings. The molecule has 0 aliphatic heterocycles. The summed E-state index contributed by atoms with van der Waals surface area (Å²) >= 11 is 0. The van der Waals surface area contributed by atoms with Crippen molar-refractivity contribution in [2.45, 2.75) is 6.92 Å². The minimum Gasteiger partial charge on any atom is -0.495 e. The van der Waals surface area contributed by atoms with Crippen molar-refractivity contribution in [3.63, 3.8) is 0 Å². The Labute approximate surface area is 128 Å². The normalized spacial score (nSPS) is 10.2. The summed E-state index contributed by atoms with van der Waals surface area (Å²) < 4.78 is 10.6. The van der Waals surface area contributed by atoms with Crippen LogP contribution in [0.25, 0.3) is 22.4 Å². The van der Waals surface area contributed by atoms with E-state index in [1.54, 1.807) is 19.2 Å². The molecule has 4 nitrogen and oxygen atoms in total. The van der Waals surface area contributed by atoms with Crippen molar-refractivity contribution in [1.29, 1.82) is 5.26 Å². The predicted octanol–water partition coefficient (Wildman–Crippen LogP) is 4.20. The summed E-state index contributed by atoms with van der Waals surface area (Å²) in [6, 6.07) is 17.5. The van der Waals surface area contributed by atoms with Crippen molar-refractivity contribution in [1.82, 2.24) is 5.16 Å². The number of rotatable bonds is 3. The zero-order valence-corrected chi connectivity index (χ0v) is 12.3. The quantitative estimate of drug-likeness (QED) is 0.725. The van der Waals surface area contributed by atoms with Crippen LogP contribution in [0.5, 0.6) is 5.75 Å². The largest absolute Gasteiger partial charge is 0.495 e. The summed E-state index contributed by atoms with van der Waals surface area (Å²) in [7, 11) is 1.55. The van der Waals surface area contributed by atoms with E-state index in [4.69, 9.17) is 9.26 Å². The van der Waals surface area contributed by atoms with Crippen molar-refractivity contribution in [3.05, 3.63) is 59.9 Å². The van der Waals surface area contributed by atoms with Crippen LogP contribution in [-0.4, -0.2) is 12.3 Å². The van der Waals surface area contributed by atoms with E-state index in [9.17, 15) is 5.26 Å². The first-order chi connectivity index (χ1) is 10.7. The Morgan fingerprint density at radius 1 is 1.09 bits per heavy atom. The predicted molar refractivity (Wildman–Crippen MR) is 83.4 cm³/mol. The van der Waals surface area contributed by atoms with Gasteiger partial charge in [0.25, 0.3) is 0 Å². The summed E-state index contributed by atoms with van der Waals surface area (Å²) in [5, 5.41) is 13.4. The maximum Gasteiger partial charge on any atom is 0.142 e. The molecule has 2 aromatic carbocycles. The number of aryl methyl sites for hydroxylation is 1. The molecule has 0 spiro atoms. The first-order valence-electron chi connectivity index (χ1n) is 6.85. The van der Waals surface area contributed by atoms with Gasteiger partial charge in [0.05, 0.1) is 18.2 Å². The van der Waals surface area contributed by atoms with Crippen molar-refractivity contribution >= 4 is 0 Å². The molecular weight excluding hydrogens is 276 g/mol. The Kier molecular flexibility index (Phi) is 3.63. The van der Waals surface area contributed by atoms with Crippen LogP contribution in [0.1, 0.15) is 11.3 Å². The third-order valence-corrected chi connectivity index (χ3v) is 3.52. The summed E-state index contributed by atoms with van der Waals surface area (Å²) in [6.07, 6.45) is 0. The van der Waals surface area contributed by atoms with Crippen LogP contribution in [0.15, 0.2) is 53.1 Å². The Morgan fingerprint density at radius 2 is 1.86 bits per heavy atom. The van der Waals surface area contributed by atoms with Gasteiger partial charge in [-0.3, -0.25) is 0 Å². The van der Waals surface area contributed by atoms with Gasteiger partial charge >= 0.3 is 0 Å². The lowest BCUT2D eigenvalue weighted by Gasteiger charge is -2.07. The first-order valence-corrected chi connectivity index (χ1v) is 6.85. The molecule has 1 heterocycles. The zero-order chi connectivity index (χ0) is 15.5. The highest BCUT2D eigenvalue weighted by molar-refractivity contribution is 5.82. The van der Waals surface area contributed by atoms with E-state index in [0.717, 1.165) is 22.4 Å². The van der Waals surface area contributed by atoms with Crippen LogP contribution in [0.3, 0.4) is 0 Å². The second kappa shape index (κ2) is 5.74. The highest BCUT2D eigenvalue weighted by Crippen LogP contribution is 2.35. The number of nitrogens with zero attached hydrogens (tertiary/aromatic N) is 2. The first kappa shape index (κ1) is 13.9. The molecule has 0 amide bonds. The van der Waals surface area contributed by atoms with E-state index in [1.165, 1.54) is 0 Å². The highest BCUT2D eigenvalue weighted by Gasteiger charge is 2.17. The number of benzene rings is 2. The Balaban J connectivity index is 2.18. The molecule has 0 unspecified atom stereocenters. The fourth-order valence-electron chi connectivity index (χ4n) is 2.46. The number of hydrogen-bond donors (Lipinski definition) is 0. The number of aromatic nitrogens is 1. The number of ether oxygens (including phenoxy) is 1. The molecule has 4 heteroatoms. The smallest absolute Gasteiger partial charge is 0.142 e. The molecule has 0 radical (unpaired) electrons. The molecule has 0 aliphatic rings. The van der Waals surface area contributed by atoms with Crippen molar-refractivity contribution in [2.75, 3.05) is 7.11 Å². The number of nitriles is 1. The Bertz CT molecular complexity index is 845. The van der Waals surface area contributed by atoms with Gasteiger partial charge in [-0.05, 0) is 24.6 Å². The highest BCUT2D eigenvalue weighted by atomic mass is 16.5. The van der Waals surface area contributed by atoms with Gasteiger partial charge in [-0.15, -0.1) is 0 Å². The molecule has 108 valence electrons. The van der Waals surface area contributed by atoms with Gasteiger partial charge in [-0.25, -0.2) is 0 Å². The lowest BCUT2D eigenvalue weighted by atomic mass is 9.98. The lowest BCUT2D eigenvalue weighted by molar-refractivity contribution is 0.400. The van der Waals surface area contributed by atoms with Gasteiger partial charge in [-0.1, -0.05) is 41.6 Å². The molecule has 0 N–H and O–H groups in total. The minimum absolute atomic E-state index is 0.486. The van der Waals surface area contributed by atoms with Gasteiger partial charge in [0.2, 0.25) is 0 Å². The van der Waals surface area contributed by atoms with E-state index in [1.807, 2.05) is 43.3 Å². The van der Waals surface area contributed by atoms with Gasteiger partial charge in [-0.2, -0.15) is 5.26 Å². The van der Waals surface area contributed by atoms with E-state index in [2.05, 4.69) is 11.2 Å². The second-order valence-corrected chi connectivity index (χ2v) is 4.86. The van der Waals surface area contributed by atoms with E-state index in [0.29, 0.717) is 17.1 Å². The van der Waals surface area contributed by atoms with E-state index < -0.39 is 0 Å². The second-order valence-electron chi connectivity index (χ2n) is 4.86. The topological polar surface area (TPSA) is 59.1 Å². The van der Waals surface area contributed by atoms with Gasteiger partial charge in [0.1, 0.15) is 23.3 Å². The number of methoxy groups -OCH3 is 1. The average Bonchev–Trinajstić information content (AvgIpc) is 2.96. The molecular formula is C18H14N2O2. The maximum absolute atomic E-state index is 9.26. The van der Waals surface area contributed by atoms with Crippen LogP contribution < -0.4 is 4.74 Å². The zero-order valence-electron chi connectivity index (χ0n) is 12.3. The third kappa shape index (κ3) is 2.33. The number of hydrogen-bond acceptors (Lipinski definition) is 4. The third-order valence-electron chi connectivity index (χ3n) is 3.52. The van der Waals surface area contributed by atoms with Crippen LogP contribution in [0, 0.1) is 18.3 Å². The molecule has 0 bridgehead atoms. The molecule has 3 aromatic rings. The van der Waals surface area contributed by atoms with Gasteiger partial charge in [0, 0.05) is 5.56 Å². The van der Waals surface area contributed by atoms with Crippen LogP contribution in [0.2, 0.25) is 0 Å². The summed E-state index contributed by atoms with van der Waals surface area (Å²) in [5.41, 5.74) is 4.01. The molecule has 0 saturated heterocycles. The average molecular weight is 290 g/mol. The fourth-order valence-corrected chi connectivity index (χ4v) is 2.46. The monoisotopic (exact) mass is 290 g/mol. The maximum atomic E-state index is 9.26. The van der Waals surface area contributed by atoms with Gasteiger partial charge < -0.3 is 9.26 Å². The van der Waals surface area contributed by atoms with E-state index in [-0.39, 0.29) is 0 Å². The molecule has 1 aromatic heterocycles. The van der Waals surface area contributed by atoms with Crippen molar-refractivity contribution in [2.24, 2.45) is 0 Å². The molecule has 0 saturated carbocycles. The van der Waals surface area contributed by atoms with E-state index >= 15 is 0 Å². The molecule has 0 aliphatic carbocycles. The van der Waals surface area contributed by atoms with Crippen molar-refractivity contribution in [3.8, 4) is 34.2 Å².